The van der Waals surface area contributed by atoms with E-state index >= 15 is 0 Å². The third kappa shape index (κ3) is 3.50. The zero-order chi connectivity index (χ0) is 15.6. The van der Waals surface area contributed by atoms with E-state index in [4.69, 9.17) is 17.3 Å². The van der Waals surface area contributed by atoms with Crippen LogP contribution in [0.2, 0.25) is 5.02 Å². The SMILES string of the molecule is NCc1ccc(S(=O)(=O)Nc2cc([N+](=O)[O-])ccc2Cl)s1. The van der Waals surface area contributed by atoms with Crippen molar-refractivity contribution in [1.82, 2.24) is 0 Å². The largest absolute Gasteiger partial charge is 0.326 e. The maximum absolute atomic E-state index is 12.2. The van der Waals surface area contributed by atoms with Crippen LogP contribution in [0.3, 0.4) is 0 Å². The third-order valence-electron chi connectivity index (χ3n) is 2.51. The van der Waals surface area contributed by atoms with Crippen molar-refractivity contribution in [3.05, 3.63) is 50.3 Å². The van der Waals surface area contributed by atoms with Crippen LogP contribution in [0.1, 0.15) is 4.88 Å². The molecule has 0 radical (unpaired) electrons. The highest BCUT2D eigenvalue weighted by Crippen LogP contribution is 2.30. The number of nitro groups is 1. The van der Waals surface area contributed by atoms with Gasteiger partial charge in [-0.15, -0.1) is 11.3 Å². The van der Waals surface area contributed by atoms with Crippen molar-refractivity contribution in [3.8, 4) is 0 Å². The van der Waals surface area contributed by atoms with Crippen molar-refractivity contribution in [2.75, 3.05) is 4.72 Å². The number of nitrogens with one attached hydrogen (secondary N) is 1. The van der Waals surface area contributed by atoms with E-state index in [1.807, 2.05) is 0 Å². The summed E-state index contributed by atoms with van der Waals surface area (Å²) in [4.78, 5) is 10.8. The lowest BCUT2D eigenvalue weighted by atomic mass is 10.3. The fraction of sp³-hybridized carbons (Fsp3) is 0.0909. The summed E-state index contributed by atoms with van der Waals surface area (Å²) in [6.45, 7) is 0.234. The highest BCUT2D eigenvalue weighted by Gasteiger charge is 2.19. The van der Waals surface area contributed by atoms with Crippen molar-refractivity contribution in [2.45, 2.75) is 10.8 Å². The molecule has 21 heavy (non-hydrogen) atoms. The van der Waals surface area contributed by atoms with E-state index in [0.29, 0.717) is 4.88 Å². The molecule has 0 amide bonds. The number of sulfonamides is 1. The van der Waals surface area contributed by atoms with Crippen LogP contribution in [0.15, 0.2) is 34.5 Å². The maximum atomic E-state index is 12.2. The second-order valence-corrected chi connectivity index (χ2v) is 7.44. The van der Waals surface area contributed by atoms with Crippen LogP contribution in [0.25, 0.3) is 0 Å². The molecule has 7 nitrogen and oxygen atoms in total. The van der Waals surface area contributed by atoms with Crippen LogP contribution < -0.4 is 10.5 Å². The maximum Gasteiger partial charge on any atom is 0.271 e. The molecule has 1 aromatic carbocycles. The van der Waals surface area contributed by atoms with E-state index in [1.165, 1.54) is 18.2 Å². The number of anilines is 1. The molecule has 1 aromatic heterocycles. The minimum atomic E-state index is -3.86. The van der Waals surface area contributed by atoms with Gasteiger partial charge in [0.25, 0.3) is 15.7 Å². The Morgan fingerprint density at radius 1 is 1.33 bits per heavy atom. The van der Waals surface area contributed by atoms with Gasteiger partial charge in [0.05, 0.1) is 15.6 Å². The number of thiophene rings is 1. The molecular weight excluding hydrogens is 338 g/mol. The Morgan fingerprint density at radius 3 is 2.62 bits per heavy atom. The standard InChI is InChI=1S/C11H10ClN3O4S2/c12-9-3-1-7(15(16)17)5-10(9)14-21(18,19)11-4-2-8(6-13)20-11/h1-5,14H,6,13H2. The van der Waals surface area contributed by atoms with E-state index < -0.39 is 14.9 Å². The third-order valence-corrected chi connectivity index (χ3v) is 5.80. The van der Waals surface area contributed by atoms with Crippen LogP contribution in [0.5, 0.6) is 0 Å². The fourth-order valence-electron chi connectivity index (χ4n) is 1.51. The molecule has 2 aromatic rings. The number of non-ortho nitro benzene ring substituents is 1. The van der Waals surface area contributed by atoms with Gasteiger partial charge in [-0.25, -0.2) is 8.42 Å². The molecule has 1 heterocycles. The molecule has 0 atom stereocenters. The van der Waals surface area contributed by atoms with Crippen molar-refractivity contribution in [1.29, 1.82) is 0 Å². The molecule has 0 fully saturated rings. The number of benzene rings is 1. The number of hydrogen-bond acceptors (Lipinski definition) is 6. The molecule has 0 aliphatic carbocycles. The van der Waals surface area contributed by atoms with Gasteiger partial charge in [0, 0.05) is 23.6 Å². The number of nitro benzene ring substituents is 1. The molecular formula is C11H10ClN3O4S2. The van der Waals surface area contributed by atoms with Gasteiger partial charge in [-0.3, -0.25) is 14.8 Å². The first-order chi connectivity index (χ1) is 9.83. The zero-order valence-electron chi connectivity index (χ0n) is 10.4. The molecule has 0 bridgehead atoms. The topological polar surface area (TPSA) is 115 Å². The predicted octanol–water partition coefficient (Wildman–Crippen LogP) is 2.57. The lowest BCUT2D eigenvalue weighted by Crippen LogP contribution is -2.12. The highest BCUT2D eigenvalue weighted by molar-refractivity contribution is 7.94. The Kier molecular flexibility index (Phi) is 4.47. The fourth-order valence-corrected chi connectivity index (χ4v) is 4.04. The van der Waals surface area contributed by atoms with Crippen LogP contribution in [-0.2, 0) is 16.6 Å². The predicted molar refractivity (Wildman–Crippen MR) is 81.1 cm³/mol. The minimum absolute atomic E-state index is 0.0476. The van der Waals surface area contributed by atoms with Crippen molar-refractivity contribution in [3.63, 3.8) is 0 Å². The summed E-state index contributed by atoms with van der Waals surface area (Å²) in [6.07, 6.45) is 0. The van der Waals surface area contributed by atoms with Gasteiger partial charge in [0.2, 0.25) is 0 Å². The van der Waals surface area contributed by atoms with Crippen molar-refractivity contribution >= 4 is 44.3 Å². The summed E-state index contributed by atoms with van der Waals surface area (Å²) in [5.74, 6) is 0. The van der Waals surface area contributed by atoms with Gasteiger partial charge >= 0.3 is 0 Å². The van der Waals surface area contributed by atoms with E-state index in [9.17, 15) is 18.5 Å². The first-order valence-electron chi connectivity index (χ1n) is 5.59. The first-order valence-corrected chi connectivity index (χ1v) is 8.27. The van der Waals surface area contributed by atoms with Crippen molar-refractivity contribution < 1.29 is 13.3 Å². The van der Waals surface area contributed by atoms with Crippen LogP contribution in [0.4, 0.5) is 11.4 Å². The van der Waals surface area contributed by atoms with Crippen LogP contribution >= 0.6 is 22.9 Å². The summed E-state index contributed by atoms with van der Waals surface area (Å²) < 4.78 is 26.7. The lowest BCUT2D eigenvalue weighted by molar-refractivity contribution is -0.384. The first kappa shape index (κ1) is 15.7. The van der Waals surface area contributed by atoms with Gasteiger partial charge in [-0.2, -0.15) is 0 Å². The normalized spacial score (nSPS) is 11.3. The summed E-state index contributed by atoms with van der Waals surface area (Å²) >= 11 is 6.88. The second kappa shape index (κ2) is 5.98. The Morgan fingerprint density at radius 2 is 2.05 bits per heavy atom. The summed E-state index contributed by atoms with van der Waals surface area (Å²) in [5, 5.41) is 10.8. The number of hydrogen-bond donors (Lipinski definition) is 2. The van der Waals surface area contributed by atoms with E-state index in [1.54, 1.807) is 6.07 Å². The molecule has 0 saturated heterocycles. The molecule has 0 saturated carbocycles. The zero-order valence-corrected chi connectivity index (χ0v) is 12.8. The average molecular weight is 348 g/mol. The number of nitrogens with two attached hydrogens (primary N) is 1. The molecule has 0 spiro atoms. The summed E-state index contributed by atoms with van der Waals surface area (Å²) in [5.41, 5.74) is 5.13. The molecule has 0 unspecified atom stereocenters. The quantitative estimate of drug-likeness (QED) is 0.637. The Bertz CT molecular complexity index is 789. The monoisotopic (exact) mass is 347 g/mol. The highest BCUT2D eigenvalue weighted by atomic mass is 35.5. The molecule has 0 aliphatic heterocycles. The Balaban J connectivity index is 2.36. The molecule has 10 heteroatoms. The number of nitrogens with zero attached hydrogens (tertiary/aromatic N) is 1. The molecule has 112 valence electrons. The minimum Gasteiger partial charge on any atom is -0.326 e. The van der Waals surface area contributed by atoms with Crippen LogP contribution in [-0.4, -0.2) is 13.3 Å². The van der Waals surface area contributed by atoms with E-state index in [0.717, 1.165) is 17.4 Å². The summed E-state index contributed by atoms with van der Waals surface area (Å²) in [6, 6.07) is 6.54. The summed E-state index contributed by atoms with van der Waals surface area (Å²) in [7, 11) is -3.86. The smallest absolute Gasteiger partial charge is 0.271 e. The van der Waals surface area contributed by atoms with E-state index in [2.05, 4.69) is 4.72 Å². The number of halogens is 1. The van der Waals surface area contributed by atoms with Gasteiger partial charge < -0.3 is 5.73 Å². The van der Waals surface area contributed by atoms with Gasteiger partial charge in [0.15, 0.2) is 0 Å². The van der Waals surface area contributed by atoms with Gasteiger partial charge in [-0.1, -0.05) is 11.6 Å². The number of rotatable bonds is 5. The van der Waals surface area contributed by atoms with Gasteiger partial charge in [0.1, 0.15) is 4.21 Å². The van der Waals surface area contributed by atoms with E-state index in [-0.39, 0.29) is 27.2 Å². The molecule has 3 N–H and O–H groups in total. The Hall–Kier alpha value is -1.68. The van der Waals surface area contributed by atoms with Crippen LogP contribution in [0, 0.1) is 10.1 Å². The lowest BCUT2D eigenvalue weighted by Gasteiger charge is -2.07. The van der Waals surface area contributed by atoms with Crippen molar-refractivity contribution in [2.24, 2.45) is 5.73 Å². The molecule has 0 aliphatic rings. The average Bonchev–Trinajstić information content (AvgIpc) is 2.90. The molecule has 2 rings (SSSR count). The Labute approximate surface area is 129 Å². The second-order valence-electron chi connectivity index (χ2n) is 3.95. The van der Waals surface area contributed by atoms with Gasteiger partial charge in [-0.05, 0) is 18.2 Å².